The third-order valence-corrected chi connectivity index (χ3v) is 1.95. The molecule has 1 aromatic rings. The number of nitrogens with one attached hydrogen (secondary N) is 1. The van der Waals surface area contributed by atoms with Gasteiger partial charge in [-0.1, -0.05) is 0 Å². The van der Waals surface area contributed by atoms with Gasteiger partial charge in [-0.25, -0.2) is 9.97 Å². The van der Waals surface area contributed by atoms with Crippen LogP contribution in [0.15, 0.2) is 12.4 Å². The van der Waals surface area contributed by atoms with Crippen molar-refractivity contribution >= 4 is 17.6 Å². The Kier molecular flexibility index (Phi) is 4.79. The SMILES string of the molecule is O=C(O)CCCCNc1ncc([N+](=O)[O-])cn1. The molecule has 1 heterocycles. The largest absolute Gasteiger partial charge is 0.481 e. The maximum absolute atomic E-state index is 10.3. The number of aromatic nitrogens is 2. The average molecular weight is 240 g/mol. The molecule has 8 heteroatoms. The standard InChI is InChI=1S/C9H12N4O4/c14-8(15)3-1-2-4-10-9-11-5-7(6-12-9)13(16)17/h5-6H,1-4H2,(H,14,15)(H,10,11,12). The van der Waals surface area contributed by atoms with Crippen LogP contribution in [0.2, 0.25) is 0 Å². The van der Waals surface area contributed by atoms with E-state index in [4.69, 9.17) is 5.11 Å². The van der Waals surface area contributed by atoms with Crippen LogP contribution in [-0.4, -0.2) is 32.5 Å². The highest BCUT2D eigenvalue weighted by Crippen LogP contribution is 2.08. The van der Waals surface area contributed by atoms with Crippen molar-refractivity contribution in [1.29, 1.82) is 0 Å². The van der Waals surface area contributed by atoms with Crippen molar-refractivity contribution in [3.05, 3.63) is 22.5 Å². The predicted molar refractivity (Wildman–Crippen MR) is 58.7 cm³/mol. The second kappa shape index (κ2) is 6.36. The molecule has 0 aromatic carbocycles. The van der Waals surface area contributed by atoms with Gasteiger partial charge in [-0.15, -0.1) is 0 Å². The first-order chi connectivity index (χ1) is 8.09. The number of hydrogen-bond donors (Lipinski definition) is 2. The van der Waals surface area contributed by atoms with Crippen LogP contribution in [-0.2, 0) is 4.79 Å². The first-order valence-corrected chi connectivity index (χ1v) is 5.01. The Bertz CT molecular complexity index is 392. The molecule has 0 radical (unpaired) electrons. The molecule has 92 valence electrons. The number of hydrogen-bond acceptors (Lipinski definition) is 6. The Labute approximate surface area is 96.9 Å². The Morgan fingerprint density at radius 3 is 2.59 bits per heavy atom. The molecule has 17 heavy (non-hydrogen) atoms. The van der Waals surface area contributed by atoms with Crippen molar-refractivity contribution in [3.63, 3.8) is 0 Å². The summed E-state index contributed by atoms with van der Waals surface area (Å²) in [6.45, 7) is 0.533. The van der Waals surface area contributed by atoms with Gasteiger partial charge in [-0.3, -0.25) is 14.9 Å². The fourth-order valence-electron chi connectivity index (χ4n) is 1.11. The molecule has 1 rings (SSSR count). The van der Waals surface area contributed by atoms with Gasteiger partial charge in [0.15, 0.2) is 0 Å². The number of nitrogens with zero attached hydrogens (tertiary/aromatic N) is 3. The smallest absolute Gasteiger partial charge is 0.305 e. The lowest BCUT2D eigenvalue weighted by Crippen LogP contribution is -2.06. The summed E-state index contributed by atoms with van der Waals surface area (Å²) >= 11 is 0. The van der Waals surface area contributed by atoms with Crippen LogP contribution in [0, 0.1) is 10.1 Å². The fraction of sp³-hybridized carbons (Fsp3) is 0.444. The molecule has 0 aliphatic carbocycles. The number of nitro groups is 1. The lowest BCUT2D eigenvalue weighted by molar-refractivity contribution is -0.385. The second-order valence-electron chi connectivity index (χ2n) is 3.30. The van der Waals surface area contributed by atoms with E-state index in [1.165, 1.54) is 0 Å². The third-order valence-electron chi connectivity index (χ3n) is 1.95. The summed E-state index contributed by atoms with van der Waals surface area (Å²) in [5, 5.41) is 21.6. The Morgan fingerprint density at radius 1 is 1.41 bits per heavy atom. The van der Waals surface area contributed by atoms with Gasteiger partial charge in [-0.05, 0) is 12.8 Å². The van der Waals surface area contributed by atoms with Crippen LogP contribution in [0.3, 0.4) is 0 Å². The number of anilines is 1. The van der Waals surface area contributed by atoms with Gasteiger partial charge >= 0.3 is 11.7 Å². The van der Waals surface area contributed by atoms with Crippen LogP contribution in [0.1, 0.15) is 19.3 Å². The molecule has 8 nitrogen and oxygen atoms in total. The van der Waals surface area contributed by atoms with Crippen molar-refractivity contribution in [2.45, 2.75) is 19.3 Å². The maximum atomic E-state index is 10.3. The lowest BCUT2D eigenvalue weighted by Gasteiger charge is -2.02. The van der Waals surface area contributed by atoms with Crippen LogP contribution in [0.25, 0.3) is 0 Å². The zero-order chi connectivity index (χ0) is 12.7. The van der Waals surface area contributed by atoms with Crippen molar-refractivity contribution < 1.29 is 14.8 Å². The van der Waals surface area contributed by atoms with Gasteiger partial charge in [-0.2, -0.15) is 0 Å². The minimum Gasteiger partial charge on any atom is -0.481 e. The lowest BCUT2D eigenvalue weighted by atomic mass is 10.2. The van der Waals surface area contributed by atoms with E-state index in [9.17, 15) is 14.9 Å². The fourth-order valence-corrected chi connectivity index (χ4v) is 1.11. The van der Waals surface area contributed by atoms with E-state index in [1.807, 2.05) is 0 Å². The van der Waals surface area contributed by atoms with E-state index >= 15 is 0 Å². The van der Waals surface area contributed by atoms with Gasteiger partial charge in [0, 0.05) is 13.0 Å². The summed E-state index contributed by atoms with van der Waals surface area (Å²) in [6, 6.07) is 0. The first kappa shape index (κ1) is 12.8. The van der Waals surface area contributed by atoms with Gasteiger partial charge in [0.25, 0.3) is 0 Å². The van der Waals surface area contributed by atoms with Gasteiger partial charge in [0.05, 0.1) is 4.92 Å². The van der Waals surface area contributed by atoms with E-state index in [-0.39, 0.29) is 12.1 Å². The zero-order valence-electron chi connectivity index (χ0n) is 9.00. The maximum Gasteiger partial charge on any atom is 0.305 e. The van der Waals surface area contributed by atoms with Gasteiger partial charge in [0.2, 0.25) is 5.95 Å². The molecule has 0 aliphatic heterocycles. The molecule has 0 aliphatic rings. The van der Waals surface area contributed by atoms with E-state index in [2.05, 4.69) is 15.3 Å². The summed E-state index contributed by atoms with van der Waals surface area (Å²) < 4.78 is 0. The van der Waals surface area contributed by atoms with Crippen LogP contribution in [0.5, 0.6) is 0 Å². The van der Waals surface area contributed by atoms with Crippen molar-refractivity contribution in [3.8, 4) is 0 Å². The monoisotopic (exact) mass is 240 g/mol. The Balaban J connectivity index is 2.27. The van der Waals surface area contributed by atoms with Crippen molar-refractivity contribution in [2.75, 3.05) is 11.9 Å². The van der Waals surface area contributed by atoms with Crippen LogP contribution >= 0.6 is 0 Å². The molecule has 0 amide bonds. The molecule has 0 saturated carbocycles. The summed E-state index contributed by atoms with van der Waals surface area (Å²) in [7, 11) is 0. The van der Waals surface area contributed by atoms with E-state index < -0.39 is 10.9 Å². The molecule has 0 bridgehead atoms. The van der Waals surface area contributed by atoms with E-state index in [0.29, 0.717) is 25.3 Å². The van der Waals surface area contributed by atoms with Gasteiger partial charge < -0.3 is 10.4 Å². The zero-order valence-corrected chi connectivity index (χ0v) is 9.00. The highest BCUT2D eigenvalue weighted by Gasteiger charge is 2.05. The van der Waals surface area contributed by atoms with E-state index in [0.717, 1.165) is 12.4 Å². The molecule has 2 N–H and O–H groups in total. The number of carboxylic acid groups (broad SMARTS) is 1. The second-order valence-corrected chi connectivity index (χ2v) is 3.30. The van der Waals surface area contributed by atoms with Crippen LogP contribution < -0.4 is 5.32 Å². The Morgan fingerprint density at radius 2 is 2.06 bits per heavy atom. The molecule has 0 fully saturated rings. The molecule has 0 spiro atoms. The van der Waals surface area contributed by atoms with Gasteiger partial charge in [0.1, 0.15) is 12.4 Å². The Hall–Kier alpha value is -2.25. The van der Waals surface area contributed by atoms with Crippen molar-refractivity contribution in [2.24, 2.45) is 0 Å². The summed E-state index contributed by atoms with van der Waals surface area (Å²) in [6.07, 6.45) is 3.60. The molecule has 0 saturated heterocycles. The molecule has 0 unspecified atom stereocenters. The van der Waals surface area contributed by atoms with Crippen LogP contribution in [0.4, 0.5) is 11.6 Å². The topological polar surface area (TPSA) is 118 Å². The number of carboxylic acids is 1. The van der Waals surface area contributed by atoms with Crippen molar-refractivity contribution in [1.82, 2.24) is 9.97 Å². The molecular weight excluding hydrogens is 228 g/mol. The summed E-state index contributed by atoms with van der Waals surface area (Å²) in [4.78, 5) is 27.5. The molecule has 1 aromatic heterocycles. The number of carbonyl (C=O) groups is 1. The summed E-state index contributed by atoms with van der Waals surface area (Å²) in [5.74, 6) is -0.525. The van der Waals surface area contributed by atoms with E-state index in [1.54, 1.807) is 0 Å². The summed E-state index contributed by atoms with van der Waals surface area (Å²) in [5.41, 5.74) is -0.165. The quantitative estimate of drug-likeness (QED) is 0.415. The normalized spacial score (nSPS) is 9.88. The first-order valence-electron chi connectivity index (χ1n) is 5.01. The average Bonchev–Trinajstić information content (AvgIpc) is 2.29. The number of aliphatic carboxylic acids is 1. The third kappa shape index (κ3) is 4.87. The number of unbranched alkanes of at least 4 members (excludes halogenated alkanes) is 1. The highest BCUT2D eigenvalue weighted by atomic mass is 16.6. The molecule has 0 atom stereocenters. The molecular formula is C9H12N4O4. The minimum atomic E-state index is -0.823. The minimum absolute atomic E-state index is 0.128. The highest BCUT2D eigenvalue weighted by molar-refractivity contribution is 5.66. The predicted octanol–water partition coefficient (Wildman–Crippen LogP) is 1.05. The number of rotatable bonds is 7.